The highest BCUT2D eigenvalue weighted by Crippen LogP contribution is 2.29. The normalized spacial score (nSPS) is 20.3. The van der Waals surface area contributed by atoms with E-state index in [0.29, 0.717) is 5.92 Å². The molecule has 0 spiro atoms. The molecule has 1 atom stereocenters. The van der Waals surface area contributed by atoms with Gasteiger partial charge in [-0.2, -0.15) is 0 Å². The second kappa shape index (κ2) is 7.62. The predicted octanol–water partition coefficient (Wildman–Crippen LogP) is 4.57. The monoisotopic (exact) mass is 298 g/mol. The number of hydrogen-bond acceptors (Lipinski definition) is 2. The Morgan fingerprint density at radius 2 is 2.05 bits per heavy atom. The Hall–Kier alpha value is -1.57. The first kappa shape index (κ1) is 16.8. The zero-order valence-electron chi connectivity index (χ0n) is 14.1. The number of rotatable bonds is 2. The lowest BCUT2D eigenvalue weighted by atomic mass is 9.85. The van der Waals surface area contributed by atoms with E-state index in [1.807, 2.05) is 0 Å². The maximum absolute atomic E-state index is 11.4. The Morgan fingerprint density at radius 1 is 1.27 bits per heavy atom. The van der Waals surface area contributed by atoms with Crippen molar-refractivity contribution in [3.05, 3.63) is 53.0 Å². The molecule has 2 nitrogen and oxygen atoms in total. The molecule has 0 aliphatic heterocycles. The van der Waals surface area contributed by atoms with Crippen LogP contribution in [0.2, 0.25) is 0 Å². The first-order valence-electron chi connectivity index (χ1n) is 8.13. The minimum atomic E-state index is -0.200. The predicted molar refractivity (Wildman–Crippen MR) is 89.8 cm³/mol. The molecule has 1 aliphatic carbocycles. The van der Waals surface area contributed by atoms with Crippen LogP contribution in [0, 0.1) is 13.3 Å². The molecular weight excluding hydrogens is 272 g/mol. The SMILES string of the molecule is CC(=O)OC1C/C=C\C[C]Cc2c(C)ccc(C(C)C)c2C1. The lowest BCUT2D eigenvalue weighted by Crippen LogP contribution is -2.21. The lowest BCUT2D eigenvalue weighted by Gasteiger charge is -2.24. The molecule has 0 saturated carbocycles. The van der Waals surface area contributed by atoms with Gasteiger partial charge in [0.15, 0.2) is 0 Å². The van der Waals surface area contributed by atoms with Gasteiger partial charge in [-0.05, 0) is 54.4 Å². The van der Waals surface area contributed by atoms with Crippen LogP contribution in [0.5, 0.6) is 0 Å². The molecule has 1 aliphatic rings. The van der Waals surface area contributed by atoms with Crippen LogP contribution in [0.1, 0.15) is 61.8 Å². The van der Waals surface area contributed by atoms with Gasteiger partial charge in [-0.3, -0.25) is 4.79 Å². The van der Waals surface area contributed by atoms with Crippen LogP contribution in [-0.4, -0.2) is 12.1 Å². The average molecular weight is 298 g/mol. The Balaban J connectivity index is 2.43. The molecule has 0 amide bonds. The number of carbonyl (C=O) groups is 1. The number of esters is 1. The molecule has 118 valence electrons. The van der Waals surface area contributed by atoms with Crippen molar-refractivity contribution in [2.24, 2.45) is 0 Å². The van der Waals surface area contributed by atoms with Crippen molar-refractivity contribution in [2.75, 3.05) is 0 Å². The first-order chi connectivity index (χ1) is 10.5. The molecule has 0 fully saturated rings. The van der Waals surface area contributed by atoms with Gasteiger partial charge in [-0.1, -0.05) is 38.1 Å². The summed E-state index contributed by atoms with van der Waals surface area (Å²) in [4.78, 5) is 11.4. The molecule has 2 radical (unpaired) electrons. The van der Waals surface area contributed by atoms with Crippen molar-refractivity contribution in [1.82, 2.24) is 0 Å². The van der Waals surface area contributed by atoms with Gasteiger partial charge in [-0.15, -0.1) is 0 Å². The number of aryl methyl sites for hydroxylation is 1. The van der Waals surface area contributed by atoms with Gasteiger partial charge in [0.25, 0.3) is 0 Å². The molecule has 1 aromatic carbocycles. The van der Waals surface area contributed by atoms with E-state index in [4.69, 9.17) is 4.74 Å². The molecule has 2 rings (SSSR count). The molecular formula is C20H26O2. The molecule has 0 aromatic heterocycles. The molecule has 0 N–H and O–H groups in total. The lowest BCUT2D eigenvalue weighted by molar-refractivity contribution is -0.146. The fraction of sp³-hybridized carbons (Fsp3) is 0.500. The van der Waals surface area contributed by atoms with Gasteiger partial charge >= 0.3 is 5.97 Å². The number of benzene rings is 1. The number of fused-ring (bicyclic) bond motifs is 1. The van der Waals surface area contributed by atoms with Crippen molar-refractivity contribution in [3.63, 3.8) is 0 Å². The van der Waals surface area contributed by atoms with Gasteiger partial charge in [0.2, 0.25) is 0 Å². The van der Waals surface area contributed by atoms with Crippen LogP contribution in [0.25, 0.3) is 0 Å². The molecule has 1 aromatic rings. The molecule has 22 heavy (non-hydrogen) atoms. The van der Waals surface area contributed by atoms with Crippen molar-refractivity contribution >= 4 is 5.97 Å². The van der Waals surface area contributed by atoms with Crippen LogP contribution < -0.4 is 0 Å². The third-order valence-electron chi connectivity index (χ3n) is 4.22. The smallest absolute Gasteiger partial charge is 0.302 e. The van der Waals surface area contributed by atoms with E-state index in [0.717, 1.165) is 25.7 Å². The fourth-order valence-electron chi connectivity index (χ4n) is 3.10. The number of hydrogen-bond donors (Lipinski definition) is 0. The van der Waals surface area contributed by atoms with E-state index in [1.54, 1.807) is 0 Å². The molecule has 0 heterocycles. The Labute approximate surface area is 134 Å². The van der Waals surface area contributed by atoms with E-state index in [-0.39, 0.29) is 12.1 Å². The third kappa shape index (κ3) is 4.22. The highest BCUT2D eigenvalue weighted by atomic mass is 16.5. The molecule has 0 saturated heterocycles. The molecule has 2 heteroatoms. The minimum Gasteiger partial charge on any atom is -0.462 e. The van der Waals surface area contributed by atoms with Gasteiger partial charge in [0.1, 0.15) is 6.10 Å². The Kier molecular flexibility index (Phi) is 5.82. The number of ether oxygens (including phenoxy) is 1. The highest BCUT2D eigenvalue weighted by molar-refractivity contribution is 5.66. The van der Waals surface area contributed by atoms with Crippen molar-refractivity contribution in [1.29, 1.82) is 0 Å². The summed E-state index contributed by atoms with van der Waals surface area (Å²) >= 11 is 0. The summed E-state index contributed by atoms with van der Waals surface area (Å²) < 4.78 is 5.54. The summed E-state index contributed by atoms with van der Waals surface area (Å²) in [6.07, 6.45) is 10.9. The van der Waals surface area contributed by atoms with Crippen LogP contribution in [0.15, 0.2) is 24.3 Å². The summed E-state index contributed by atoms with van der Waals surface area (Å²) in [5, 5.41) is 0. The maximum atomic E-state index is 11.4. The first-order valence-corrected chi connectivity index (χ1v) is 8.13. The van der Waals surface area contributed by atoms with Crippen LogP contribution in [0.4, 0.5) is 0 Å². The Morgan fingerprint density at radius 3 is 2.73 bits per heavy atom. The van der Waals surface area contributed by atoms with Crippen molar-refractivity contribution < 1.29 is 9.53 Å². The largest absolute Gasteiger partial charge is 0.462 e. The topological polar surface area (TPSA) is 26.3 Å². The summed E-state index contributed by atoms with van der Waals surface area (Å²) in [6, 6.07) is 4.43. The van der Waals surface area contributed by atoms with Gasteiger partial charge in [0, 0.05) is 19.8 Å². The quantitative estimate of drug-likeness (QED) is 0.590. The third-order valence-corrected chi connectivity index (χ3v) is 4.22. The van der Waals surface area contributed by atoms with Crippen LogP contribution >= 0.6 is 0 Å². The van der Waals surface area contributed by atoms with Crippen molar-refractivity contribution in [2.45, 2.75) is 65.4 Å². The zero-order chi connectivity index (χ0) is 16.1. The maximum Gasteiger partial charge on any atom is 0.302 e. The van der Waals surface area contributed by atoms with Crippen LogP contribution in [-0.2, 0) is 22.4 Å². The summed E-state index contributed by atoms with van der Waals surface area (Å²) in [7, 11) is 0. The van der Waals surface area contributed by atoms with E-state index in [2.05, 4.69) is 51.5 Å². The number of allylic oxidation sites excluding steroid dienone is 1. The molecule has 0 bridgehead atoms. The zero-order valence-corrected chi connectivity index (χ0v) is 14.1. The van der Waals surface area contributed by atoms with Gasteiger partial charge in [-0.25, -0.2) is 0 Å². The van der Waals surface area contributed by atoms with Crippen molar-refractivity contribution in [3.8, 4) is 0 Å². The second-order valence-corrected chi connectivity index (χ2v) is 6.36. The minimum absolute atomic E-state index is 0.0788. The standard InChI is InChI=1S/C20H26O2/c1-14(2)18-12-11-15(3)19-10-8-6-5-7-9-17(13-20(18)19)22-16(4)21/h5,7,11-12,14,17H,6,9-10,13H2,1-4H3/b7-5-. The van der Waals surface area contributed by atoms with E-state index >= 15 is 0 Å². The van der Waals surface area contributed by atoms with E-state index in [9.17, 15) is 4.79 Å². The van der Waals surface area contributed by atoms with Gasteiger partial charge < -0.3 is 4.74 Å². The Bertz CT molecular complexity index is 555. The van der Waals surface area contributed by atoms with E-state index in [1.165, 1.54) is 29.2 Å². The summed E-state index contributed by atoms with van der Waals surface area (Å²) in [5.41, 5.74) is 5.38. The molecule has 1 unspecified atom stereocenters. The highest BCUT2D eigenvalue weighted by Gasteiger charge is 2.20. The number of carbonyl (C=O) groups excluding carboxylic acids is 1. The summed E-state index contributed by atoms with van der Waals surface area (Å²) in [6.45, 7) is 8.09. The fourth-order valence-corrected chi connectivity index (χ4v) is 3.10. The summed E-state index contributed by atoms with van der Waals surface area (Å²) in [5.74, 6) is 0.264. The van der Waals surface area contributed by atoms with Crippen LogP contribution in [0.3, 0.4) is 0 Å². The second-order valence-electron chi connectivity index (χ2n) is 6.36. The van der Waals surface area contributed by atoms with E-state index < -0.39 is 0 Å². The van der Waals surface area contributed by atoms with Gasteiger partial charge in [0.05, 0.1) is 0 Å². The average Bonchev–Trinajstić information content (AvgIpc) is 2.44.